The molecule has 0 aliphatic carbocycles. The number of hydrogen-bond acceptors (Lipinski definition) is 3. The molecule has 2 aromatic carbocycles. The molecule has 0 spiro atoms. The number of nitrogens with one attached hydrogen (secondary N) is 1. The van der Waals surface area contributed by atoms with E-state index in [4.69, 9.17) is 0 Å². The first-order valence-corrected chi connectivity index (χ1v) is 9.31. The van der Waals surface area contributed by atoms with E-state index < -0.39 is 33.7 Å². The van der Waals surface area contributed by atoms with Gasteiger partial charge in [-0.25, -0.2) is 8.42 Å². The highest BCUT2D eigenvalue weighted by Crippen LogP contribution is 2.30. The van der Waals surface area contributed by atoms with Crippen molar-refractivity contribution in [3.63, 3.8) is 0 Å². The fourth-order valence-corrected chi connectivity index (χ4v) is 2.91. The van der Waals surface area contributed by atoms with E-state index in [1.807, 2.05) is 0 Å². The van der Waals surface area contributed by atoms with Crippen LogP contribution < -0.4 is 5.32 Å². The van der Waals surface area contributed by atoms with Crippen LogP contribution in [0.25, 0.3) is 0 Å². The number of hydrogen-bond donors (Lipinski definition) is 1. The number of alkyl halides is 3. The molecule has 26 heavy (non-hydrogen) atoms. The van der Waals surface area contributed by atoms with Crippen molar-refractivity contribution < 1.29 is 26.4 Å². The molecule has 2 rings (SSSR count). The summed E-state index contributed by atoms with van der Waals surface area (Å²) >= 11 is 0. The third kappa shape index (κ3) is 4.83. The van der Waals surface area contributed by atoms with E-state index in [0.29, 0.717) is 5.56 Å². The van der Waals surface area contributed by atoms with Crippen molar-refractivity contribution in [3.05, 3.63) is 65.7 Å². The van der Waals surface area contributed by atoms with Gasteiger partial charge in [-0.2, -0.15) is 17.5 Å². The largest absolute Gasteiger partial charge is 0.416 e. The highest BCUT2D eigenvalue weighted by molar-refractivity contribution is 7.88. The second-order valence-corrected chi connectivity index (χ2v) is 7.70. The molecule has 140 valence electrons. The summed E-state index contributed by atoms with van der Waals surface area (Å²) in [4.78, 5) is 12.6. The minimum absolute atomic E-state index is 0.130. The van der Waals surface area contributed by atoms with Crippen molar-refractivity contribution in [2.24, 2.45) is 0 Å². The molecule has 0 aliphatic heterocycles. The second-order valence-electron chi connectivity index (χ2n) is 5.66. The van der Waals surface area contributed by atoms with Crippen LogP contribution in [0.5, 0.6) is 0 Å². The summed E-state index contributed by atoms with van der Waals surface area (Å²) in [7, 11) is -2.43. The molecule has 0 radical (unpaired) electrons. The number of halogens is 3. The molecule has 0 unspecified atom stereocenters. The lowest BCUT2D eigenvalue weighted by Gasteiger charge is -2.25. The predicted octanol–water partition coefficient (Wildman–Crippen LogP) is 3.28. The zero-order valence-corrected chi connectivity index (χ0v) is 14.8. The van der Waals surface area contributed by atoms with Crippen molar-refractivity contribution in [1.29, 1.82) is 0 Å². The number of benzene rings is 2. The van der Waals surface area contributed by atoms with Crippen molar-refractivity contribution in [3.8, 4) is 0 Å². The van der Waals surface area contributed by atoms with Gasteiger partial charge in [-0.1, -0.05) is 30.3 Å². The molecule has 1 atom stereocenters. The van der Waals surface area contributed by atoms with Gasteiger partial charge in [-0.15, -0.1) is 0 Å². The molecule has 1 N–H and O–H groups in total. The lowest BCUT2D eigenvalue weighted by atomic mass is 10.1. The smallest absolute Gasteiger partial charge is 0.324 e. The Labute approximate surface area is 149 Å². The second kappa shape index (κ2) is 7.46. The molecule has 1 amide bonds. The summed E-state index contributed by atoms with van der Waals surface area (Å²) in [6.45, 7) is 0. The number of sulfonamides is 1. The molecule has 0 bridgehead atoms. The van der Waals surface area contributed by atoms with Crippen LogP contribution in [-0.4, -0.2) is 31.9 Å². The third-order valence-corrected chi connectivity index (χ3v) is 4.99. The molecule has 0 aromatic heterocycles. The topological polar surface area (TPSA) is 66.5 Å². The van der Waals surface area contributed by atoms with E-state index in [-0.39, 0.29) is 5.69 Å². The Balaban J connectivity index is 2.30. The summed E-state index contributed by atoms with van der Waals surface area (Å²) < 4.78 is 62.5. The van der Waals surface area contributed by atoms with Crippen LogP contribution in [-0.2, 0) is 21.0 Å². The Hall–Kier alpha value is -2.39. The van der Waals surface area contributed by atoms with Crippen LogP contribution in [0, 0.1) is 0 Å². The van der Waals surface area contributed by atoms with E-state index in [1.165, 1.54) is 7.05 Å². The van der Waals surface area contributed by atoms with Crippen LogP contribution in [0.15, 0.2) is 54.6 Å². The first-order valence-electron chi connectivity index (χ1n) is 7.46. The molecular formula is C17H17F3N2O3S. The van der Waals surface area contributed by atoms with Crippen molar-refractivity contribution in [2.75, 3.05) is 18.6 Å². The van der Waals surface area contributed by atoms with Gasteiger partial charge in [0.2, 0.25) is 15.9 Å². The fraction of sp³-hybridized carbons (Fsp3) is 0.235. The molecule has 0 fully saturated rings. The molecule has 5 nitrogen and oxygen atoms in total. The Kier molecular flexibility index (Phi) is 5.72. The molecule has 0 heterocycles. The average molecular weight is 386 g/mol. The summed E-state index contributed by atoms with van der Waals surface area (Å²) in [5, 5.41) is 2.46. The molecule has 0 saturated carbocycles. The Morgan fingerprint density at radius 2 is 1.58 bits per heavy atom. The first-order chi connectivity index (χ1) is 12.0. The van der Waals surface area contributed by atoms with Gasteiger partial charge < -0.3 is 5.32 Å². The van der Waals surface area contributed by atoms with E-state index >= 15 is 0 Å². The molecule has 0 saturated heterocycles. The Bertz CT molecular complexity index is 866. The zero-order valence-electron chi connectivity index (χ0n) is 14.0. The standard InChI is InChI=1S/C17H17F3N2O3S/c1-22(26(2,24)25)15(12-6-4-3-5-7-12)16(23)21-14-10-8-13(9-11-14)17(18,19)20/h3-11,15H,1-2H3,(H,21,23)/t15-/m1/s1. The number of carbonyl (C=O) groups excluding carboxylic acids is 1. The van der Waals surface area contributed by atoms with Crippen molar-refractivity contribution >= 4 is 21.6 Å². The van der Waals surface area contributed by atoms with Crippen LogP contribution in [0.2, 0.25) is 0 Å². The fourth-order valence-electron chi connectivity index (χ4n) is 2.31. The van der Waals surface area contributed by atoms with Gasteiger partial charge >= 0.3 is 6.18 Å². The van der Waals surface area contributed by atoms with Gasteiger partial charge in [-0.05, 0) is 29.8 Å². The summed E-state index contributed by atoms with van der Waals surface area (Å²) in [6.07, 6.45) is -3.51. The number of amides is 1. The molecule has 2 aromatic rings. The highest BCUT2D eigenvalue weighted by atomic mass is 32.2. The van der Waals surface area contributed by atoms with Crippen molar-refractivity contribution in [1.82, 2.24) is 4.31 Å². The first kappa shape index (κ1) is 19.9. The monoisotopic (exact) mass is 386 g/mol. The van der Waals surface area contributed by atoms with Gasteiger partial charge in [0.25, 0.3) is 0 Å². The normalized spacial score (nSPS) is 13.5. The maximum Gasteiger partial charge on any atom is 0.416 e. The van der Waals surface area contributed by atoms with E-state index in [2.05, 4.69) is 5.32 Å². The average Bonchev–Trinajstić information content (AvgIpc) is 2.55. The van der Waals surface area contributed by atoms with Gasteiger partial charge in [0.1, 0.15) is 6.04 Å². The van der Waals surface area contributed by atoms with Crippen LogP contribution in [0.3, 0.4) is 0 Å². The van der Waals surface area contributed by atoms with Crippen LogP contribution >= 0.6 is 0 Å². The summed E-state index contributed by atoms with van der Waals surface area (Å²) in [6, 6.07) is 11.0. The zero-order chi connectivity index (χ0) is 19.5. The molecular weight excluding hydrogens is 369 g/mol. The SMILES string of the molecule is CN([C@@H](C(=O)Nc1ccc(C(F)(F)F)cc1)c1ccccc1)S(C)(=O)=O. The minimum atomic E-state index is -4.48. The predicted molar refractivity (Wildman–Crippen MR) is 91.9 cm³/mol. The van der Waals surface area contributed by atoms with Crippen LogP contribution in [0.4, 0.5) is 18.9 Å². The third-order valence-electron chi connectivity index (χ3n) is 3.73. The lowest BCUT2D eigenvalue weighted by molar-refractivity contribution is -0.137. The maximum absolute atomic E-state index is 12.6. The Morgan fingerprint density at radius 3 is 2.04 bits per heavy atom. The quantitative estimate of drug-likeness (QED) is 0.858. The summed E-state index contributed by atoms with van der Waals surface area (Å²) in [5.41, 5.74) is -0.279. The summed E-state index contributed by atoms with van der Waals surface area (Å²) in [5.74, 6) is -0.677. The molecule has 9 heteroatoms. The van der Waals surface area contributed by atoms with E-state index in [1.54, 1.807) is 30.3 Å². The van der Waals surface area contributed by atoms with Crippen molar-refractivity contribution in [2.45, 2.75) is 12.2 Å². The number of anilines is 1. The van der Waals surface area contributed by atoms with Crippen LogP contribution in [0.1, 0.15) is 17.2 Å². The van der Waals surface area contributed by atoms with E-state index in [9.17, 15) is 26.4 Å². The van der Waals surface area contributed by atoms with Gasteiger partial charge in [0.15, 0.2) is 0 Å². The van der Waals surface area contributed by atoms with E-state index in [0.717, 1.165) is 34.8 Å². The number of rotatable bonds is 5. The van der Waals surface area contributed by atoms with Gasteiger partial charge in [0, 0.05) is 12.7 Å². The molecule has 0 aliphatic rings. The Morgan fingerprint density at radius 1 is 1.04 bits per heavy atom. The lowest BCUT2D eigenvalue weighted by Crippen LogP contribution is -2.38. The number of nitrogens with zero attached hydrogens (tertiary/aromatic N) is 1. The minimum Gasteiger partial charge on any atom is -0.324 e. The maximum atomic E-state index is 12.6. The van der Waals surface area contributed by atoms with Gasteiger partial charge in [0.05, 0.1) is 11.8 Å². The van der Waals surface area contributed by atoms with Gasteiger partial charge in [-0.3, -0.25) is 4.79 Å². The number of likely N-dealkylation sites (N-methyl/N-ethyl adjacent to an activating group) is 1. The highest BCUT2D eigenvalue weighted by Gasteiger charge is 2.32. The number of carbonyl (C=O) groups is 1.